The maximum Gasteiger partial charge on any atom is 0.135 e. The first-order chi connectivity index (χ1) is 46.5. The number of benzene rings is 12. The molecule has 0 fully saturated rings. The van der Waals surface area contributed by atoms with E-state index in [0.717, 1.165) is 89.5 Å². The van der Waals surface area contributed by atoms with Crippen molar-refractivity contribution in [1.82, 2.24) is 4.98 Å². The summed E-state index contributed by atoms with van der Waals surface area (Å²) in [6.45, 7) is 6.11. The summed E-state index contributed by atoms with van der Waals surface area (Å²) in [5.41, 5.74) is 18.6. The van der Waals surface area contributed by atoms with E-state index in [9.17, 15) is 2.74 Å². The molecule has 2 aliphatic heterocycles. The zero-order valence-electron chi connectivity index (χ0n) is 57.0. The van der Waals surface area contributed by atoms with E-state index >= 15 is 0 Å². The van der Waals surface area contributed by atoms with Crippen molar-refractivity contribution in [3.8, 4) is 77.9 Å². The van der Waals surface area contributed by atoms with Crippen LogP contribution in [-0.2, 0) is 26.5 Å². The second-order valence-electron chi connectivity index (χ2n) is 23.1. The Labute approximate surface area is 548 Å². The Hall–Kier alpha value is -10.3. The number of hydrogen-bond donors (Lipinski definition) is 0. The zero-order chi connectivity index (χ0) is 66.1. The average molecular weight is 1330 g/mol. The summed E-state index contributed by atoms with van der Waals surface area (Å²) in [7, 11) is 0. The Morgan fingerprint density at radius 2 is 0.989 bits per heavy atom. The number of rotatable bonds is 11. The minimum Gasteiger partial charge on any atom is -0.493 e. The fraction of sp³-hybridized carbons (Fsp3) is 0.0602. The molecule has 0 spiro atoms. The van der Waals surface area contributed by atoms with Gasteiger partial charge in [0.1, 0.15) is 5.82 Å². The molecule has 0 bridgehead atoms. The molecule has 0 saturated heterocycles. The molecule has 12 aromatic carbocycles. The Balaban J connectivity index is 0.00000807. The number of aryl methyl sites for hydroxylation is 1. The van der Waals surface area contributed by atoms with Gasteiger partial charge in [0.05, 0.1) is 12.5 Å². The first-order valence-electron chi connectivity index (χ1n) is 33.5. The van der Waals surface area contributed by atoms with Gasteiger partial charge in [-0.1, -0.05) is 268 Å². The van der Waals surface area contributed by atoms with Crippen molar-refractivity contribution in [1.29, 1.82) is 0 Å². The molecule has 0 saturated carbocycles. The second kappa shape index (κ2) is 23.7. The van der Waals surface area contributed by atoms with Crippen LogP contribution in [0.15, 0.2) is 297 Å². The van der Waals surface area contributed by atoms with Crippen LogP contribution < -0.4 is 19.6 Å². The minimum absolute atomic E-state index is 0. The Bertz CT molecular complexity index is 5130. The van der Waals surface area contributed by atoms with Gasteiger partial charge in [-0.05, 0) is 105 Å². The van der Waals surface area contributed by atoms with Crippen molar-refractivity contribution < 1.29 is 32.0 Å². The summed E-state index contributed by atoms with van der Waals surface area (Å²) in [6, 6.07) is 93.3. The second-order valence-corrected chi connectivity index (χ2v) is 23.1. The van der Waals surface area contributed by atoms with Gasteiger partial charge in [0.2, 0.25) is 0 Å². The van der Waals surface area contributed by atoms with E-state index in [1.165, 1.54) is 0 Å². The topological polar surface area (TPSA) is 25.9 Å². The predicted molar refractivity (Wildman–Crippen MR) is 368 cm³/mol. The molecule has 89 heavy (non-hydrogen) atoms. The van der Waals surface area contributed by atoms with Gasteiger partial charge in [-0.15, -0.1) is 53.8 Å². The molecule has 13 aromatic rings. The van der Waals surface area contributed by atoms with Gasteiger partial charge in [0.25, 0.3) is 0 Å². The van der Waals surface area contributed by atoms with Crippen LogP contribution in [0.4, 0.5) is 57.0 Å². The third-order valence-corrected chi connectivity index (χ3v) is 16.6. The molecule has 5 nitrogen and oxygen atoms in total. The zero-order valence-corrected chi connectivity index (χ0v) is 51.3. The standard InChI is InChI=1S/C83H62N5.Pt/c1-57-47-81(84-55-76(57)61-33-16-8-17-34-61)88-77-42-23-22-39-74(77)72-37-20-21-38-73(72)75-46-45-67(54-80(75)88)87(66-35-18-9-19-36-66)69-52-63(59-29-12-6-13-30-59)51-68(53-69)85-56-86(79-44-25-24-43-78(79)85)82-70(60-31-14-7-15-32-60)40-26-41-71(82)64-48-62(58-27-10-5-11-28-58)49-65(50-64)83(2,3)4;/h5-52,55-56H,1-4H3;/q-3;/i1D3,7D,14D,15D,31D,32D;. The molecule has 0 aliphatic carbocycles. The summed E-state index contributed by atoms with van der Waals surface area (Å²) >= 11 is 0. The van der Waals surface area contributed by atoms with E-state index in [1.54, 1.807) is 12.3 Å². The quantitative estimate of drug-likeness (QED) is 0.120. The smallest absolute Gasteiger partial charge is 0.135 e. The van der Waals surface area contributed by atoms with Crippen LogP contribution in [-0.4, -0.2) is 4.98 Å². The summed E-state index contributed by atoms with van der Waals surface area (Å²) in [6.07, 6.45) is 1.68. The maximum atomic E-state index is 9.51. The normalized spacial score (nSPS) is 13.7. The third kappa shape index (κ3) is 10.6. The van der Waals surface area contributed by atoms with Crippen LogP contribution in [0.5, 0.6) is 0 Å². The molecule has 432 valence electrons. The van der Waals surface area contributed by atoms with Crippen LogP contribution in [0.1, 0.15) is 42.9 Å². The van der Waals surface area contributed by atoms with Gasteiger partial charge in [0.15, 0.2) is 0 Å². The van der Waals surface area contributed by atoms with E-state index in [-0.39, 0.29) is 49.7 Å². The average Bonchev–Trinajstić information content (AvgIpc) is 1.70. The first kappa shape index (κ1) is 47.8. The van der Waals surface area contributed by atoms with E-state index in [4.69, 9.17) is 13.2 Å². The number of pyridine rings is 1. The number of aromatic nitrogens is 1. The molecule has 15 rings (SSSR count). The van der Waals surface area contributed by atoms with Crippen molar-refractivity contribution in [2.24, 2.45) is 0 Å². The van der Waals surface area contributed by atoms with Crippen LogP contribution in [0.2, 0.25) is 0 Å². The van der Waals surface area contributed by atoms with Crippen LogP contribution >= 0.6 is 0 Å². The molecule has 0 radical (unpaired) electrons. The summed E-state index contributed by atoms with van der Waals surface area (Å²) < 4.78 is 72.6. The maximum absolute atomic E-state index is 9.51. The molecular formula is C83H62N5Pt-3. The summed E-state index contributed by atoms with van der Waals surface area (Å²) in [4.78, 5) is 13.6. The SMILES string of the molecule is [2H]c1c([2H])c([2H])c(-c2cccc(-c3cc(-c4ccccc4)cc(C(C)(C)C)c3)c2N2[CH-]N(c3[c-]c(N(c4[c-]c5c(cc4)-c4ccccc4-c4ccccc4N5c4cc(C([2H])([2H])[2H])c(-c5ccccc5)cn4)c4ccccc4)cc(-c4ccccc4)c3)c3ccccc32)c([2H])c1[2H].[Pt]. The molecule has 0 unspecified atom stereocenters. The molecule has 0 amide bonds. The van der Waals surface area contributed by atoms with E-state index in [2.05, 4.69) is 157 Å². The summed E-state index contributed by atoms with van der Waals surface area (Å²) in [5.74, 6) is 0.407. The fourth-order valence-electron chi connectivity index (χ4n) is 12.3. The molecule has 0 N–H and O–H groups in total. The van der Waals surface area contributed by atoms with Crippen molar-refractivity contribution in [3.63, 3.8) is 0 Å². The Kier molecular flexibility index (Phi) is 12.7. The Morgan fingerprint density at radius 3 is 1.65 bits per heavy atom. The number of anilines is 10. The number of para-hydroxylation sites is 5. The van der Waals surface area contributed by atoms with Crippen LogP contribution in [0, 0.1) is 25.7 Å². The van der Waals surface area contributed by atoms with E-state index in [0.29, 0.717) is 45.4 Å². The first-order valence-corrected chi connectivity index (χ1v) is 29.5. The van der Waals surface area contributed by atoms with Gasteiger partial charge >= 0.3 is 0 Å². The number of nitrogens with zero attached hydrogens (tertiary/aromatic N) is 5. The van der Waals surface area contributed by atoms with Crippen molar-refractivity contribution in [3.05, 3.63) is 327 Å². The predicted octanol–water partition coefficient (Wildman–Crippen LogP) is 22.6. The van der Waals surface area contributed by atoms with Gasteiger partial charge in [-0.3, -0.25) is 0 Å². The molecule has 2 aliphatic rings. The third-order valence-electron chi connectivity index (χ3n) is 16.6. The molecule has 3 heterocycles. The van der Waals surface area contributed by atoms with E-state index in [1.807, 2.05) is 157 Å². The van der Waals surface area contributed by atoms with Crippen molar-refractivity contribution >= 4 is 57.0 Å². The van der Waals surface area contributed by atoms with Crippen molar-refractivity contribution in [2.75, 3.05) is 19.6 Å². The van der Waals surface area contributed by atoms with E-state index < -0.39 is 25.0 Å². The molecule has 6 heteroatoms. The van der Waals surface area contributed by atoms with Gasteiger partial charge in [0, 0.05) is 76.4 Å². The molecule has 0 atom stereocenters. The largest absolute Gasteiger partial charge is 0.493 e. The molecule has 1 aromatic heterocycles. The monoisotopic (exact) mass is 1330 g/mol. The van der Waals surface area contributed by atoms with Gasteiger partial charge < -0.3 is 19.6 Å². The molecular weight excluding hydrogens is 1260 g/mol. The van der Waals surface area contributed by atoms with Crippen LogP contribution in [0.3, 0.4) is 0 Å². The number of fused-ring (bicyclic) bond motifs is 6. The van der Waals surface area contributed by atoms with Gasteiger partial charge in [-0.2, -0.15) is 6.07 Å². The minimum atomic E-state index is -2.50. The fourth-order valence-corrected chi connectivity index (χ4v) is 12.3. The van der Waals surface area contributed by atoms with Crippen molar-refractivity contribution in [2.45, 2.75) is 33.0 Å². The Morgan fingerprint density at radius 1 is 0.438 bits per heavy atom. The number of hydrogen-bond acceptors (Lipinski definition) is 5. The summed E-state index contributed by atoms with van der Waals surface area (Å²) in [5, 5.41) is 0. The van der Waals surface area contributed by atoms with Gasteiger partial charge in [-0.25, -0.2) is 4.98 Å². The van der Waals surface area contributed by atoms with Crippen LogP contribution in [0.25, 0.3) is 77.9 Å².